The lowest BCUT2D eigenvalue weighted by atomic mass is 9.99. The lowest BCUT2D eigenvalue weighted by Crippen LogP contribution is -2.24. The highest BCUT2D eigenvalue weighted by Crippen LogP contribution is 2.34. The Balaban J connectivity index is 1.52. The van der Waals surface area contributed by atoms with E-state index in [1.165, 1.54) is 0 Å². The molecule has 0 saturated carbocycles. The van der Waals surface area contributed by atoms with E-state index in [0.717, 1.165) is 11.1 Å². The highest BCUT2D eigenvalue weighted by atomic mass is 16.7. The zero-order valence-electron chi connectivity index (χ0n) is 18.9. The van der Waals surface area contributed by atoms with Crippen LogP contribution in [-0.4, -0.2) is 24.9 Å². The van der Waals surface area contributed by atoms with Crippen LogP contribution >= 0.6 is 0 Å². The first-order valence-corrected chi connectivity index (χ1v) is 10.7. The van der Waals surface area contributed by atoms with Crippen LogP contribution in [-0.2, 0) is 16.1 Å². The second-order valence-electron chi connectivity index (χ2n) is 7.84. The molecule has 0 atom stereocenters. The normalized spacial score (nSPS) is 14.5. The third-order valence-corrected chi connectivity index (χ3v) is 5.37. The van der Waals surface area contributed by atoms with Crippen molar-refractivity contribution in [1.29, 1.82) is 0 Å². The van der Waals surface area contributed by atoms with Crippen LogP contribution in [0.4, 0.5) is 0 Å². The van der Waals surface area contributed by atoms with Crippen molar-refractivity contribution in [2.75, 3.05) is 13.2 Å². The van der Waals surface area contributed by atoms with E-state index in [1.54, 1.807) is 12.1 Å². The molecule has 2 N–H and O–H groups in total. The number of fused-ring (bicyclic) bond motifs is 1. The monoisotopic (exact) mass is 474 g/mol. The predicted molar refractivity (Wildman–Crippen MR) is 129 cm³/mol. The number of amidine groups is 2. The number of nitrogens with zero attached hydrogens (tertiary/aromatic N) is 2. The average Bonchev–Trinajstić information content (AvgIpc) is 3.46. The van der Waals surface area contributed by atoms with Gasteiger partial charge in [0.05, 0.1) is 5.39 Å². The number of nitrogens with one attached hydrogen (secondary N) is 2. The third-order valence-electron chi connectivity index (χ3n) is 5.37. The van der Waals surface area contributed by atoms with Gasteiger partial charge in [0.2, 0.25) is 11.8 Å². The van der Waals surface area contributed by atoms with Crippen molar-refractivity contribution < 1.29 is 23.6 Å². The Morgan fingerprint density at radius 1 is 0.943 bits per heavy atom. The number of ether oxygens (including phenoxy) is 2. The number of hydrogen-bond donors (Lipinski definition) is 2. The standard InChI is InChI=1S/C25H22N4O6/c1-14-19(9-17-7-5-4-6-8-17)25(30)33-21-11-18(31-12-22-26-15(2)34-28-22)10-20(24(14)21)32-13-23-27-16(3)35-29-23/h4-8,10-11H,2-3,9,12-13H2,1H3,(H,26,28)(H,27,29). The molecule has 2 aliphatic rings. The number of benzene rings is 2. The van der Waals surface area contributed by atoms with E-state index in [4.69, 9.17) is 23.6 Å². The quantitative estimate of drug-likeness (QED) is 0.478. The van der Waals surface area contributed by atoms with E-state index >= 15 is 0 Å². The Morgan fingerprint density at radius 2 is 1.60 bits per heavy atom. The Kier molecular flexibility index (Phi) is 5.84. The molecular weight excluding hydrogens is 452 g/mol. The van der Waals surface area contributed by atoms with Crippen molar-refractivity contribution in [2.24, 2.45) is 9.98 Å². The van der Waals surface area contributed by atoms with E-state index in [0.29, 0.717) is 46.1 Å². The van der Waals surface area contributed by atoms with Crippen LogP contribution in [0.3, 0.4) is 0 Å². The van der Waals surface area contributed by atoms with Crippen molar-refractivity contribution >= 4 is 22.6 Å². The Bertz CT molecular complexity index is 1440. The fraction of sp³-hybridized carbons (Fsp3) is 0.160. The summed E-state index contributed by atoms with van der Waals surface area (Å²) >= 11 is 0. The molecular formula is C25H22N4O6. The van der Waals surface area contributed by atoms with Gasteiger partial charge in [-0.25, -0.2) is 15.8 Å². The van der Waals surface area contributed by atoms with Crippen LogP contribution < -0.4 is 26.1 Å². The topological polar surface area (TPSA) is 116 Å². The molecule has 0 fully saturated rings. The summed E-state index contributed by atoms with van der Waals surface area (Å²) in [6.07, 6.45) is 0.431. The highest BCUT2D eigenvalue weighted by molar-refractivity contribution is 5.90. The molecule has 178 valence electrons. The van der Waals surface area contributed by atoms with Crippen LogP contribution in [0.15, 0.2) is 86.6 Å². The van der Waals surface area contributed by atoms with Gasteiger partial charge in [0.15, 0.2) is 11.7 Å². The number of rotatable bonds is 8. The molecule has 2 aromatic carbocycles. The van der Waals surface area contributed by atoms with Gasteiger partial charge in [-0.15, -0.1) is 0 Å². The second kappa shape index (κ2) is 9.26. The van der Waals surface area contributed by atoms with Crippen LogP contribution in [0.2, 0.25) is 0 Å². The van der Waals surface area contributed by atoms with Gasteiger partial charge in [0.1, 0.15) is 30.3 Å². The number of aliphatic imine (C=N–C) groups is 2. The molecule has 5 rings (SSSR count). The minimum absolute atomic E-state index is 0.0755. The van der Waals surface area contributed by atoms with Crippen LogP contribution in [0.5, 0.6) is 11.5 Å². The van der Waals surface area contributed by atoms with E-state index in [2.05, 4.69) is 34.1 Å². The Morgan fingerprint density at radius 3 is 2.23 bits per heavy atom. The van der Waals surface area contributed by atoms with Gasteiger partial charge in [-0.3, -0.25) is 0 Å². The molecule has 2 aliphatic heterocycles. The average molecular weight is 474 g/mol. The zero-order chi connectivity index (χ0) is 24.4. The van der Waals surface area contributed by atoms with E-state index in [9.17, 15) is 4.79 Å². The largest absolute Gasteiger partial charge is 0.485 e. The summed E-state index contributed by atoms with van der Waals surface area (Å²) in [6, 6.07) is 13.1. The molecule has 0 radical (unpaired) electrons. The van der Waals surface area contributed by atoms with Crippen LogP contribution in [0.1, 0.15) is 16.7 Å². The van der Waals surface area contributed by atoms with Gasteiger partial charge in [-0.2, -0.15) is 9.98 Å². The molecule has 35 heavy (non-hydrogen) atoms. The van der Waals surface area contributed by atoms with Gasteiger partial charge >= 0.3 is 5.63 Å². The summed E-state index contributed by atoms with van der Waals surface area (Å²) in [5.41, 5.74) is 7.49. The smallest absolute Gasteiger partial charge is 0.340 e. The molecule has 0 bridgehead atoms. The molecule has 10 heteroatoms. The molecule has 0 unspecified atom stereocenters. The molecule has 0 saturated heterocycles. The minimum Gasteiger partial charge on any atom is -0.485 e. The summed E-state index contributed by atoms with van der Waals surface area (Å²) in [4.78, 5) is 31.2. The molecule has 3 heterocycles. The SMILES string of the molecule is C=C1N=C(COc2cc(OCC3=NC(=C)ON3)c3c(C)c(Cc4ccccc4)c(=O)oc3c2)NO1. The van der Waals surface area contributed by atoms with Crippen molar-refractivity contribution in [3.8, 4) is 11.5 Å². The molecule has 0 amide bonds. The van der Waals surface area contributed by atoms with Gasteiger partial charge < -0.3 is 23.6 Å². The lowest BCUT2D eigenvalue weighted by molar-refractivity contribution is 0.174. The Labute approximate surface area is 200 Å². The zero-order valence-corrected chi connectivity index (χ0v) is 18.9. The Hall–Kier alpha value is -4.73. The maximum atomic E-state index is 12.9. The fourth-order valence-corrected chi connectivity index (χ4v) is 3.73. The van der Waals surface area contributed by atoms with Crippen molar-refractivity contribution in [1.82, 2.24) is 11.0 Å². The number of hydroxylamine groups is 2. The molecule has 10 nitrogen and oxygen atoms in total. The summed E-state index contributed by atoms with van der Waals surface area (Å²) in [5, 5.41) is 0.661. The van der Waals surface area contributed by atoms with Gasteiger partial charge in [0, 0.05) is 24.1 Å². The van der Waals surface area contributed by atoms with Gasteiger partial charge in [0.25, 0.3) is 0 Å². The second-order valence-corrected chi connectivity index (χ2v) is 7.84. The van der Waals surface area contributed by atoms with Gasteiger partial charge in [-0.1, -0.05) is 30.3 Å². The summed E-state index contributed by atoms with van der Waals surface area (Å²) in [5.74, 6) is 2.26. The maximum Gasteiger partial charge on any atom is 0.340 e. The van der Waals surface area contributed by atoms with Crippen molar-refractivity contribution in [2.45, 2.75) is 13.3 Å². The first-order chi connectivity index (χ1) is 17.0. The van der Waals surface area contributed by atoms with Crippen molar-refractivity contribution in [3.63, 3.8) is 0 Å². The lowest BCUT2D eigenvalue weighted by Gasteiger charge is -2.15. The summed E-state index contributed by atoms with van der Waals surface area (Å²) in [6.45, 7) is 9.28. The summed E-state index contributed by atoms with van der Waals surface area (Å²) < 4.78 is 17.6. The highest BCUT2D eigenvalue weighted by Gasteiger charge is 2.20. The fourth-order valence-electron chi connectivity index (χ4n) is 3.73. The first-order valence-electron chi connectivity index (χ1n) is 10.7. The number of hydrogen-bond acceptors (Lipinski definition) is 10. The maximum absolute atomic E-state index is 12.9. The molecule has 0 spiro atoms. The third kappa shape index (κ3) is 4.81. The minimum atomic E-state index is -0.417. The van der Waals surface area contributed by atoms with Crippen molar-refractivity contribution in [3.05, 3.63) is 94.5 Å². The first kappa shape index (κ1) is 22.1. The van der Waals surface area contributed by atoms with E-state index in [-0.39, 0.29) is 25.0 Å². The van der Waals surface area contributed by atoms with Gasteiger partial charge in [-0.05, 0) is 31.2 Å². The molecule has 1 aromatic heterocycles. The molecule has 0 aliphatic carbocycles. The predicted octanol–water partition coefficient (Wildman–Crippen LogP) is 3.26. The molecule has 3 aromatic rings. The summed E-state index contributed by atoms with van der Waals surface area (Å²) in [7, 11) is 0. The van der Waals surface area contributed by atoms with Crippen LogP contribution in [0.25, 0.3) is 11.0 Å². The van der Waals surface area contributed by atoms with E-state index in [1.807, 2.05) is 37.3 Å². The van der Waals surface area contributed by atoms with Crippen LogP contribution in [0, 0.1) is 6.92 Å². The van der Waals surface area contributed by atoms with E-state index < -0.39 is 5.63 Å². The number of aryl methyl sites for hydroxylation is 1.